The standard InChI is InChI=1S/C19H25N3O3/c1-4-13(2)19(23)22-11-5-6-15(12-22)18-20-17(21-25-18)14-7-9-16(24-3)10-8-14/h7-10,13,15H,4-6,11-12H2,1-3H3/t13-,15+/m1/s1. The molecule has 0 aliphatic carbocycles. The molecule has 1 aliphatic rings. The molecule has 1 aliphatic heterocycles. The molecule has 0 spiro atoms. The van der Waals surface area contributed by atoms with E-state index in [0.717, 1.165) is 37.1 Å². The lowest BCUT2D eigenvalue weighted by molar-refractivity contribution is -0.136. The van der Waals surface area contributed by atoms with Crippen molar-refractivity contribution in [1.82, 2.24) is 15.0 Å². The van der Waals surface area contributed by atoms with Crippen molar-refractivity contribution in [2.24, 2.45) is 5.92 Å². The van der Waals surface area contributed by atoms with Crippen molar-refractivity contribution in [2.75, 3.05) is 20.2 Å². The van der Waals surface area contributed by atoms with Crippen molar-refractivity contribution < 1.29 is 14.1 Å². The third-order valence-electron chi connectivity index (χ3n) is 4.91. The number of hydrogen-bond acceptors (Lipinski definition) is 5. The van der Waals surface area contributed by atoms with Crippen LogP contribution in [0, 0.1) is 5.92 Å². The van der Waals surface area contributed by atoms with Crippen LogP contribution in [0.3, 0.4) is 0 Å². The molecule has 0 N–H and O–H groups in total. The fourth-order valence-corrected chi connectivity index (χ4v) is 3.12. The van der Waals surface area contributed by atoms with Crippen molar-refractivity contribution in [1.29, 1.82) is 0 Å². The lowest BCUT2D eigenvalue weighted by Gasteiger charge is -2.32. The molecule has 25 heavy (non-hydrogen) atoms. The summed E-state index contributed by atoms with van der Waals surface area (Å²) in [6.45, 7) is 5.51. The SMILES string of the molecule is CC[C@@H](C)C(=O)N1CCC[C@H](c2nc(-c3ccc(OC)cc3)no2)C1. The van der Waals surface area contributed by atoms with Gasteiger partial charge in [0.15, 0.2) is 0 Å². The van der Waals surface area contributed by atoms with E-state index >= 15 is 0 Å². The summed E-state index contributed by atoms with van der Waals surface area (Å²) in [5.74, 6) is 2.38. The summed E-state index contributed by atoms with van der Waals surface area (Å²) < 4.78 is 10.7. The Kier molecular flexibility index (Phi) is 5.36. The Bertz CT molecular complexity index is 711. The summed E-state index contributed by atoms with van der Waals surface area (Å²) in [7, 11) is 1.64. The van der Waals surface area contributed by atoms with Gasteiger partial charge in [0.05, 0.1) is 13.0 Å². The summed E-state index contributed by atoms with van der Waals surface area (Å²) in [5, 5.41) is 4.11. The quantitative estimate of drug-likeness (QED) is 0.831. The number of piperidine rings is 1. The zero-order valence-corrected chi connectivity index (χ0v) is 15.1. The summed E-state index contributed by atoms with van der Waals surface area (Å²) in [6.07, 6.45) is 2.80. The minimum absolute atomic E-state index is 0.0660. The molecular weight excluding hydrogens is 318 g/mol. The van der Waals surface area contributed by atoms with E-state index in [1.807, 2.05) is 43.0 Å². The van der Waals surface area contributed by atoms with Gasteiger partial charge in [-0.05, 0) is 43.5 Å². The van der Waals surface area contributed by atoms with Gasteiger partial charge in [0.2, 0.25) is 17.6 Å². The van der Waals surface area contributed by atoms with Gasteiger partial charge in [-0.15, -0.1) is 0 Å². The van der Waals surface area contributed by atoms with Crippen LogP contribution in [0.25, 0.3) is 11.4 Å². The molecule has 134 valence electrons. The number of aromatic nitrogens is 2. The number of ether oxygens (including phenoxy) is 1. The van der Waals surface area contributed by atoms with Crippen molar-refractivity contribution >= 4 is 5.91 Å². The van der Waals surface area contributed by atoms with E-state index in [1.165, 1.54) is 0 Å². The largest absolute Gasteiger partial charge is 0.497 e. The highest BCUT2D eigenvalue weighted by Gasteiger charge is 2.30. The van der Waals surface area contributed by atoms with Crippen LogP contribution in [-0.2, 0) is 4.79 Å². The number of carbonyl (C=O) groups is 1. The fourth-order valence-electron chi connectivity index (χ4n) is 3.12. The minimum Gasteiger partial charge on any atom is -0.497 e. The number of amides is 1. The van der Waals surface area contributed by atoms with Crippen molar-refractivity contribution in [3.63, 3.8) is 0 Å². The normalized spacial score (nSPS) is 18.8. The van der Waals surface area contributed by atoms with Crippen molar-refractivity contribution in [3.8, 4) is 17.1 Å². The molecule has 2 aromatic rings. The predicted octanol–water partition coefficient (Wildman–Crippen LogP) is 3.50. The first-order valence-electron chi connectivity index (χ1n) is 8.89. The van der Waals surface area contributed by atoms with E-state index in [1.54, 1.807) is 7.11 Å². The average Bonchev–Trinajstić information content (AvgIpc) is 3.17. The van der Waals surface area contributed by atoms with Gasteiger partial charge in [-0.2, -0.15) is 4.98 Å². The molecule has 0 radical (unpaired) electrons. The van der Waals surface area contributed by atoms with Crippen LogP contribution in [0.1, 0.15) is 44.9 Å². The highest BCUT2D eigenvalue weighted by Crippen LogP contribution is 2.29. The summed E-state index contributed by atoms with van der Waals surface area (Å²) in [4.78, 5) is 18.9. The number of rotatable bonds is 5. The Morgan fingerprint density at radius 2 is 2.16 bits per heavy atom. The zero-order valence-electron chi connectivity index (χ0n) is 15.1. The predicted molar refractivity (Wildman–Crippen MR) is 94.3 cm³/mol. The minimum atomic E-state index is 0.0660. The van der Waals surface area contributed by atoms with Crippen molar-refractivity contribution in [2.45, 2.75) is 39.0 Å². The number of hydrogen-bond donors (Lipinski definition) is 0. The molecule has 1 aromatic heterocycles. The van der Waals surface area contributed by atoms with E-state index in [2.05, 4.69) is 10.1 Å². The van der Waals surface area contributed by atoms with Gasteiger partial charge < -0.3 is 14.2 Å². The maximum Gasteiger partial charge on any atom is 0.231 e. The molecule has 1 fully saturated rings. The molecule has 6 heteroatoms. The molecule has 2 heterocycles. The number of nitrogens with zero attached hydrogens (tertiary/aromatic N) is 3. The molecule has 1 amide bonds. The van der Waals surface area contributed by atoms with Crippen LogP contribution in [0.5, 0.6) is 5.75 Å². The van der Waals surface area contributed by atoms with Gasteiger partial charge in [-0.25, -0.2) is 0 Å². The first-order chi connectivity index (χ1) is 12.1. The molecule has 2 atom stereocenters. The third-order valence-corrected chi connectivity index (χ3v) is 4.91. The molecule has 1 saturated heterocycles. The lowest BCUT2D eigenvalue weighted by atomic mass is 9.96. The van der Waals surface area contributed by atoms with Crippen LogP contribution in [0.2, 0.25) is 0 Å². The van der Waals surface area contributed by atoms with Gasteiger partial charge in [-0.1, -0.05) is 19.0 Å². The molecule has 0 saturated carbocycles. The Labute approximate surface area is 148 Å². The molecule has 3 rings (SSSR count). The van der Waals surface area contributed by atoms with E-state index < -0.39 is 0 Å². The van der Waals surface area contributed by atoms with Gasteiger partial charge in [0.1, 0.15) is 5.75 Å². The average molecular weight is 343 g/mol. The Morgan fingerprint density at radius 3 is 2.84 bits per heavy atom. The summed E-state index contributed by atoms with van der Waals surface area (Å²) >= 11 is 0. The number of likely N-dealkylation sites (tertiary alicyclic amines) is 1. The number of benzene rings is 1. The number of methoxy groups -OCH3 is 1. The second-order valence-electron chi connectivity index (χ2n) is 6.62. The Balaban J connectivity index is 1.71. The maximum atomic E-state index is 12.4. The highest BCUT2D eigenvalue weighted by atomic mass is 16.5. The van der Waals surface area contributed by atoms with E-state index in [4.69, 9.17) is 9.26 Å². The number of carbonyl (C=O) groups excluding carboxylic acids is 1. The monoisotopic (exact) mass is 343 g/mol. The smallest absolute Gasteiger partial charge is 0.231 e. The molecule has 1 aromatic carbocycles. The summed E-state index contributed by atoms with van der Waals surface area (Å²) in [5.41, 5.74) is 0.888. The first kappa shape index (κ1) is 17.5. The third kappa shape index (κ3) is 3.83. The lowest BCUT2D eigenvalue weighted by Crippen LogP contribution is -2.41. The van der Waals surface area contributed by atoms with E-state index in [0.29, 0.717) is 18.3 Å². The Hall–Kier alpha value is -2.37. The van der Waals surface area contributed by atoms with Gasteiger partial charge in [0, 0.05) is 24.6 Å². The molecule has 0 bridgehead atoms. The fraction of sp³-hybridized carbons (Fsp3) is 0.526. The van der Waals surface area contributed by atoms with Crippen LogP contribution in [-0.4, -0.2) is 41.1 Å². The molecule has 6 nitrogen and oxygen atoms in total. The highest BCUT2D eigenvalue weighted by molar-refractivity contribution is 5.78. The van der Waals surface area contributed by atoms with Gasteiger partial charge in [-0.3, -0.25) is 4.79 Å². The van der Waals surface area contributed by atoms with Crippen molar-refractivity contribution in [3.05, 3.63) is 30.2 Å². The van der Waals surface area contributed by atoms with Crippen LogP contribution < -0.4 is 4.74 Å². The van der Waals surface area contributed by atoms with Gasteiger partial charge >= 0.3 is 0 Å². The maximum absolute atomic E-state index is 12.4. The second-order valence-corrected chi connectivity index (χ2v) is 6.62. The first-order valence-corrected chi connectivity index (χ1v) is 8.89. The van der Waals surface area contributed by atoms with E-state index in [9.17, 15) is 4.79 Å². The second kappa shape index (κ2) is 7.68. The topological polar surface area (TPSA) is 68.5 Å². The molecule has 0 unspecified atom stereocenters. The van der Waals surface area contributed by atoms with Crippen LogP contribution in [0.4, 0.5) is 0 Å². The van der Waals surface area contributed by atoms with Crippen LogP contribution >= 0.6 is 0 Å². The molecular formula is C19H25N3O3. The van der Waals surface area contributed by atoms with Crippen LogP contribution in [0.15, 0.2) is 28.8 Å². The van der Waals surface area contributed by atoms with E-state index in [-0.39, 0.29) is 17.7 Å². The Morgan fingerprint density at radius 1 is 1.40 bits per heavy atom. The summed E-state index contributed by atoms with van der Waals surface area (Å²) in [6, 6.07) is 7.57. The zero-order chi connectivity index (χ0) is 17.8. The van der Waals surface area contributed by atoms with Gasteiger partial charge in [0.25, 0.3) is 0 Å².